The summed E-state index contributed by atoms with van der Waals surface area (Å²) >= 11 is 5.70. The zero-order chi connectivity index (χ0) is 9.84. The molecule has 0 fully saturated rings. The second-order valence-corrected chi connectivity index (χ2v) is 3.89. The molecule has 0 bridgehead atoms. The molecule has 0 saturated carbocycles. The van der Waals surface area contributed by atoms with Crippen molar-refractivity contribution in [3.63, 3.8) is 0 Å². The first-order chi connectivity index (χ1) is 6.15. The Kier molecular flexibility index (Phi) is 3.70. The minimum absolute atomic E-state index is 0.379. The van der Waals surface area contributed by atoms with Crippen molar-refractivity contribution in [1.82, 2.24) is 4.98 Å². The molecule has 2 N–H and O–H groups in total. The van der Waals surface area contributed by atoms with Gasteiger partial charge < -0.3 is 5.73 Å². The SMILES string of the molecule is CC(C)C(CN)c1ccc(Cl)nc1. The van der Waals surface area contributed by atoms with Gasteiger partial charge in [0, 0.05) is 6.20 Å². The molecular formula is C10H15ClN2. The summed E-state index contributed by atoms with van der Waals surface area (Å²) in [4.78, 5) is 4.04. The van der Waals surface area contributed by atoms with Gasteiger partial charge in [-0.25, -0.2) is 4.98 Å². The predicted octanol–water partition coefficient (Wildman–Crippen LogP) is 2.43. The molecule has 3 heteroatoms. The van der Waals surface area contributed by atoms with Crippen LogP contribution < -0.4 is 5.73 Å². The van der Waals surface area contributed by atoms with Gasteiger partial charge in [0.2, 0.25) is 0 Å². The molecule has 1 aromatic heterocycles. The van der Waals surface area contributed by atoms with Crippen molar-refractivity contribution in [3.05, 3.63) is 29.0 Å². The highest BCUT2D eigenvalue weighted by atomic mass is 35.5. The van der Waals surface area contributed by atoms with E-state index < -0.39 is 0 Å². The number of pyridine rings is 1. The minimum Gasteiger partial charge on any atom is -0.330 e. The molecule has 0 aliphatic rings. The van der Waals surface area contributed by atoms with Gasteiger partial charge in [-0.3, -0.25) is 0 Å². The van der Waals surface area contributed by atoms with Crippen LogP contribution in [0.3, 0.4) is 0 Å². The third-order valence-corrected chi connectivity index (χ3v) is 2.46. The molecule has 0 saturated heterocycles. The quantitative estimate of drug-likeness (QED) is 0.758. The third kappa shape index (κ3) is 2.68. The van der Waals surface area contributed by atoms with Crippen LogP contribution in [0.5, 0.6) is 0 Å². The summed E-state index contributed by atoms with van der Waals surface area (Å²) in [5.74, 6) is 0.915. The normalized spacial score (nSPS) is 13.3. The molecule has 0 radical (unpaired) electrons. The van der Waals surface area contributed by atoms with E-state index in [2.05, 4.69) is 18.8 Å². The molecule has 0 aliphatic heterocycles. The van der Waals surface area contributed by atoms with E-state index in [1.807, 2.05) is 12.1 Å². The lowest BCUT2D eigenvalue weighted by atomic mass is 9.90. The van der Waals surface area contributed by atoms with E-state index in [1.54, 1.807) is 6.20 Å². The second kappa shape index (κ2) is 4.58. The van der Waals surface area contributed by atoms with Gasteiger partial charge in [0.05, 0.1) is 0 Å². The molecule has 0 amide bonds. The molecule has 0 spiro atoms. The number of nitrogens with two attached hydrogens (primary N) is 1. The summed E-state index contributed by atoms with van der Waals surface area (Å²) in [6, 6.07) is 3.80. The van der Waals surface area contributed by atoms with E-state index in [0.29, 0.717) is 23.5 Å². The van der Waals surface area contributed by atoms with Gasteiger partial charge in [0.1, 0.15) is 5.15 Å². The van der Waals surface area contributed by atoms with Crippen molar-refractivity contribution in [3.8, 4) is 0 Å². The lowest BCUT2D eigenvalue weighted by Gasteiger charge is -2.18. The highest BCUT2D eigenvalue weighted by molar-refractivity contribution is 6.29. The van der Waals surface area contributed by atoms with Gasteiger partial charge in [-0.05, 0) is 30.0 Å². The zero-order valence-electron chi connectivity index (χ0n) is 8.00. The van der Waals surface area contributed by atoms with Crippen molar-refractivity contribution < 1.29 is 0 Å². The van der Waals surface area contributed by atoms with Crippen LogP contribution >= 0.6 is 11.6 Å². The van der Waals surface area contributed by atoms with Crippen molar-refractivity contribution in [2.24, 2.45) is 11.7 Å². The maximum Gasteiger partial charge on any atom is 0.129 e. The highest BCUT2D eigenvalue weighted by Crippen LogP contribution is 2.22. The van der Waals surface area contributed by atoms with Crippen molar-refractivity contribution in [1.29, 1.82) is 0 Å². The van der Waals surface area contributed by atoms with Gasteiger partial charge in [-0.1, -0.05) is 31.5 Å². The van der Waals surface area contributed by atoms with E-state index >= 15 is 0 Å². The molecule has 2 nitrogen and oxygen atoms in total. The first-order valence-corrected chi connectivity index (χ1v) is 4.84. The molecule has 13 heavy (non-hydrogen) atoms. The Bertz CT molecular complexity index is 256. The number of halogens is 1. The van der Waals surface area contributed by atoms with Gasteiger partial charge in [0.25, 0.3) is 0 Å². The molecular weight excluding hydrogens is 184 g/mol. The molecule has 0 aliphatic carbocycles. The maximum atomic E-state index is 5.70. The number of nitrogens with zero attached hydrogens (tertiary/aromatic N) is 1. The molecule has 1 heterocycles. The molecule has 1 rings (SSSR count). The van der Waals surface area contributed by atoms with E-state index in [0.717, 1.165) is 0 Å². The Balaban J connectivity index is 2.86. The monoisotopic (exact) mass is 198 g/mol. The summed E-state index contributed by atoms with van der Waals surface area (Å²) < 4.78 is 0. The fourth-order valence-corrected chi connectivity index (χ4v) is 1.51. The van der Waals surface area contributed by atoms with Crippen LogP contribution in [0.15, 0.2) is 18.3 Å². The molecule has 1 unspecified atom stereocenters. The fourth-order valence-electron chi connectivity index (χ4n) is 1.40. The Morgan fingerprint density at radius 2 is 2.15 bits per heavy atom. The summed E-state index contributed by atoms with van der Waals surface area (Å²) in [7, 11) is 0. The molecule has 0 aromatic carbocycles. The van der Waals surface area contributed by atoms with Gasteiger partial charge in [-0.15, -0.1) is 0 Å². The second-order valence-electron chi connectivity index (χ2n) is 3.50. The van der Waals surface area contributed by atoms with Gasteiger partial charge in [0.15, 0.2) is 0 Å². The summed E-state index contributed by atoms with van der Waals surface area (Å²) in [5.41, 5.74) is 6.85. The fraction of sp³-hybridized carbons (Fsp3) is 0.500. The summed E-state index contributed by atoms with van der Waals surface area (Å²) in [6.07, 6.45) is 1.81. The average Bonchev–Trinajstić information content (AvgIpc) is 2.09. The van der Waals surface area contributed by atoms with E-state index in [9.17, 15) is 0 Å². The maximum absolute atomic E-state index is 5.70. The van der Waals surface area contributed by atoms with E-state index in [1.165, 1.54) is 5.56 Å². The van der Waals surface area contributed by atoms with Crippen molar-refractivity contribution in [2.75, 3.05) is 6.54 Å². The third-order valence-electron chi connectivity index (χ3n) is 2.24. The molecule has 1 atom stereocenters. The zero-order valence-corrected chi connectivity index (χ0v) is 8.75. The van der Waals surface area contributed by atoms with Crippen LogP contribution in [-0.4, -0.2) is 11.5 Å². The Hall–Kier alpha value is -0.600. The summed E-state index contributed by atoms with van der Waals surface area (Å²) in [6.45, 7) is 4.97. The van der Waals surface area contributed by atoms with Crippen LogP contribution in [0.4, 0.5) is 0 Å². The van der Waals surface area contributed by atoms with E-state index in [4.69, 9.17) is 17.3 Å². The Labute approximate surface area is 84.1 Å². The van der Waals surface area contributed by atoms with Gasteiger partial charge in [-0.2, -0.15) is 0 Å². The smallest absolute Gasteiger partial charge is 0.129 e. The number of hydrogen-bond acceptors (Lipinski definition) is 2. The van der Waals surface area contributed by atoms with Crippen LogP contribution in [-0.2, 0) is 0 Å². The van der Waals surface area contributed by atoms with Gasteiger partial charge >= 0.3 is 0 Å². The first-order valence-electron chi connectivity index (χ1n) is 4.46. The van der Waals surface area contributed by atoms with Crippen LogP contribution in [0, 0.1) is 5.92 Å². The lowest BCUT2D eigenvalue weighted by molar-refractivity contribution is 0.505. The Morgan fingerprint density at radius 3 is 2.54 bits per heavy atom. The number of aromatic nitrogens is 1. The molecule has 1 aromatic rings. The standard InChI is InChI=1S/C10H15ClN2/c1-7(2)9(5-12)8-3-4-10(11)13-6-8/h3-4,6-7,9H,5,12H2,1-2H3. The topological polar surface area (TPSA) is 38.9 Å². The van der Waals surface area contributed by atoms with Crippen LogP contribution in [0.25, 0.3) is 0 Å². The minimum atomic E-state index is 0.379. The first kappa shape index (κ1) is 10.5. The van der Waals surface area contributed by atoms with Crippen LogP contribution in [0.2, 0.25) is 5.15 Å². The summed E-state index contributed by atoms with van der Waals surface area (Å²) in [5, 5.41) is 0.531. The average molecular weight is 199 g/mol. The molecule has 72 valence electrons. The van der Waals surface area contributed by atoms with Crippen molar-refractivity contribution >= 4 is 11.6 Å². The van der Waals surface area contributed by atoms with Crippen LogP contribution in [0.1, 0.15) is 25.3 Å². The predicted molar refractivity (Wildman–Crippen MR) is 55.9 cm³/mol. The Morgan fingerprint density at radius 1 is 1.46 bits per heavy atom. The van der Waals surface area contributed by atoms with Crippen molar-refractivity contribution in [2.45, 2.75) is 19.8 Å². The largest absolute Gasteiger partial charge is 0.330 e. The number of hydrogen-bond donors (Lipinski definition) is 1. The van der Waals surface area contributed by atoms with E-state index in [-0.39, 0.29) is 0 Å². The highest BCUT2D eigenvalue weighted by Gasteiger charge is 2.13. The lowest BCUT2D eigenvalue weighted by Crippen LogP contribution is -2.17. The number of rotatable bonds is 3.